The molecule has 4 rings (SSSR count). The number of rotatable bonds is 5. The minimum absolute atomic E-state index is 0.190. The maximum Gasteiger partial charge on any atom is 0.247 e. The SMILES string of the molecule is CS(=O)(=O)c1nccc(-c2cnc3n2/C=C\CCCC3=NCCN2CCOCC2)n1. The first-order valence-electron chi connectivity index (χ1n) is 10.1. The monoisotopic (exact) mass is 430 g/mol. The van der Waals surface area contributed by atoms with Crippen LogP contribution in [0.5, 0.6) is 0 Å². The Kier molecular flexibility index (Phi) is 6.35. The van der Waals surface area contributed by atoms with Crippen LogP contribution in [-0.4, -0.2) is 84.2 Å². The van der Waals surface area contributed by atoms with Crippen molar-refractivity contribution in [2.24, 2.45) is 4.99 Å². The second-order valence-electron chi connectivity index (χ2n) is 7.39. The number of aliphatic imine (C=N–C) groups is 1. The number of hydrogen-bond donors (Lipinski definition) is 0. The Morgan fingerprint density at radius 3 is 2.87 bits per heavy atom. The predicted molar refractivity (Wildman–Crippen MR) is 114 cm³/mol. The van der Waals surface area contributed by atoms with Crippen LogP contribution in [-0.2, 0) is 14.6 Å². The molecular weight excluding hydrogens is 404 g/mol. The Morgan fingerprint density at radius 1 is 1.23 bits per heavy atom. The molecule has 9 nitrogen and oxygen atoms in total. The van der Waals surface area contributed by atoms with E-state index in [0.717, 1.165) is 75.6 Å². The maximum absolute atomic E-state index is 11.9. The normalized spacial score (nSPS) is 20.5. The van der Waals surface area contributed by atoms with Gasteiger partial charge in [0.05, 0.1) is 43.1 Å². The molecule has 2 aliphatic heterocycles. The first-order chi connectivity index (χ1) is 14.5. The number of ether oxygens (including phenoxy) is 1. The van der Waals surface area contributed by atoms with Gasteiger partial charge in [-0.2, -0.15) is 0 Å². The Morgan fingerprint density at radius 2 is 2.07 bits per heavy atom. The lowest BCUT2D eigenvalue weighted by Gasteiger charge is -2.25. The molecule has 0 aromatic carbocycles. The molecule has 0 amide bonds. The van der Waals surface area contributed by atoms with E-state index in [1.807, 2.05) is 10.8 Å². The third kappa shape index (κ3) is 4.82. The molecule has 0 N–H and O–H groups in total. The van der Waals surface area contributed by atoms with Gasteiger partial charge in [-0.3, -0.25) is 14.5 Å². The third-order valence-corrected chi connectivity index (χ3v) is 6.00. The van der Waals surface area contributed by atoms with E-state index in [0.29, 0.717) is 12.2 Å². The smallest absolute Gasteiger partial charge is 0.247 e. The highest BCUT2D eigenvalue weighted by molar-refractivity contribution is 7.90. The molecule has 0 atom stereocenters. The van der Waals surface area contributed by atoms with E-state index in [4.69, 9.17) is 9.73 Å². The van der Waals surface area contributed by atoms with Crippen molar-refractivity contribution in [2.75, 3.05) is 45.6 Å². The largest absolute Gasteiger partial charge is 0.379 e. The number of fused-ring (bicyclic) bond motifs is 1. The number of nitrogens with zero attached hydrogens (tertiary/aromatic N) is 6. The minimum Gasteiger partial charge on any atom is -0.379 e. The first kappa shape index (κ1) is 20.8. The molecule has 0 radical (unpaired) electrons. The Labute approximate surface area is 176 Å². The van der Waals surface area contributed by atoms with Crippen LogP contribution in [0.1, 0.15) is 25.1 Å². The molecule has 2 aliphatic rings. The molecule has 1 fully saturated rings. The summed E-state index contributed by atoms with van der Waals surface area (Å²) in [6.45, 7) is 5.07. The molecule has 1 saturated heterocycles. The molecule has 2 aromatic rings. The summed E-state index contributed by atoms with van der Waals surface area (Å²) in [5.41, 5.74) is 2.20. The molecule has 2 aromatic heterocycles. The molecule has 0 unspecified atom stereocenters. The van der Waals surface area contributed by atoms with E-state index in [1.165, 1.54) is 6.20 Å². The van der Waals surface area contributed by atoms with Gasteiger partial charge in [-0.25, -0.2) is 23.4 Å². The second-order valence-corrected chi connectivity index (χ2v) is 9.30. The lowest BCUT2D eigenvalue weighted by molar-refractivity contribution is 0.0394. The van der Waals surface area contributed by atoms with Gasteiger partial charge in [0.1, 0.15) is 0 Å². The molecule has 0 aliphatic carbocycles. The molecule has 0 bridgehead atoms. The van der Waals surface area contributed by atoms with Crippen molar-refractivity contribution < 1.29 is 13.2 Å². The predicted octanol–water partition coefficient (Wildman–Crippen LogP) is 1.52. The van der Waals surface area contributed by atoms with Crippen molar-refractivity contribution in [3.05, 3.63) is 30.4 Å². The van der Waals surface area contributed by atoms with Crippen LogP contribution in [0, 0.1) is 0 Å². The lowest BCUT2D eigenvalue weighted by Crippen LogP contribution is -2.37. The highest BCUT2D eigenvalue weighted by Gasteiger charge is 2.19. The van der Waals surface area contributed by atoms with Gasteiger partial charge in [0.15, 0.2) is 5.82 Å². The van der Waals surface area contributed by atoms with Crippen LogP contribution in [0.2, 0.25) is 0 Å². The number of allylic oxidation sites excluding steroid dienone is 1. The zero-order chi connectivity index (χ0) is 21.0. The van der Waals surface area contributed by atoms with Crippen molar-refractivity contribution in [3.8, 4) is 11.4 Å². The van der Waals surface area contributed by atoms with Gasteiger partial charge in [-0.15, -0.1) is 0 Å². The summed E-state index contributed by atoms with van der Waals surface area (Å²) in [5.74, 6) is 0.780. The van der Waals surface area contributed by atoms with Crippen molar-refractivity contribution in [2.45, 2.75) is 24.4 Å². The zero-order valence-corrected chi connectivity index (χ0v) is 17.9. The number of sulfone groups is 1. The summed E-state index contributed by atoms with van der Waals surface area (Å²) in [6.07, 6.45) is 11.2. The van der Waals surface area contributed by atoms with Gasteiger partial charge >= 0.3 is 0 Å². The standard InChI is InChI=1S/C20H26N6O3S/c1-30(27,28)20-22-7-6-16(24-20)18-15-23-19-17(5-3-2-4-9-26(18)19)21-8-10-25-11-13-29-14-12-25/h4,6-7,9,15H,2-3,5,8,10-14H2,1H3/b9-4-,21-17?. The number of morpholine rings is 1. The van der Waals surface area contributed by atoms with Crippen molar-refractivity contribution in [3.63, 3.8) is 0 Å². The van der Waals surface area contributed by atoms with Crippen LogP contribution in [0.15, 0.2) is 34.7 Å². The topological polar surface area (TPSA) is 103 Å². The summed E-state index contributed by atoms with van der Waals surface area (Å²) in [5, 5.41) is -0.190. The van der Waals surface area contributed by atoms with Crippen molar-refractivity contribution in [1.29, 1.82) is 0 Å². The third-order valence-electron chi connectivity index (χ3n) is 5.14. The average molecular weight is 431 g/mol. The minimum atomic E-state index is -3.49. The van der Waals surface area contributed by atoms with Gasteiger partial charge in [0, 0.05) is 38.3 Å². The molecule has 4 heterocycles. The van der Waals surface area contributed by atoms with E-state index in [1.54, 1.807) is 12.3 Å². The molecule has 0 spiro atoms. The van der Waals surface area contributed by atoms with Crippen molar-refractivity contribution >= 4 is 21.7 Å². The molecule has 160 valence electrons. The zero-order valence-electron chi connectivity index (χ0n) is 17.1. The summed E-state index contributed by atoms with van der Waals surface area (Å²) in [6, 6.07) is 1.70. The first-order valence-corrected chi connectivity index (χ1v) is 12.0. The van der Waals surface area contributed by atoms with E-state index in [2.05, 4.69) is 25.9 Å². The number of aromatic nitrogens is 4. The quantitative estimate of drug-likeness (QED) is 0.663. The van der Waals surface area contributed by atoms with Gasteiger partial charge in [-0.05, 0) is 25.3 Å². The summed E-state index contributed by atoms with van der Waals surface area (Å²) < 4.78 is 31.1. The Bertz CT molecular complexity index is 1050. The van der Waals surface area contributed by atoms with Crippen molar-refractivity contribution in [1.82, 2.24) is 24.4 Å². The fraction of sp³-hybridized carbons (Fsp3) is 0.500. The molecule has 30 heavy (non-hydrogen) atoms. The van der Waals surface area contributed by atoms with Crippen LogP contribution in [0.3, 0.4) is 0 Å². The van der Waals surface area contributed by atoms with Crippen LogP contribution in [0.4, 0.5) is 0 Å². The summed E-state index contributed by atoms with van der Waals surface area (Å²) in [4.78, 5) is 20.0. The highest BCUT2D eigenvalue weighted by atomic mass is 32.2. The van der Waals surface area contributed by atoms with Gasteiger partial charge < -0.3 is 4.74 Å². The van der Waals surface area contributed by atoms with E-state index in [-0.39, 0.29) is 5.16 Å². The number of hydrogen-bond acceptors (Lipinski definition) is 8. The summed E-state index contributed by atoms with van der Waals surface area (Å²) >= 11 is 0. The Hall–Kier alpha value is -2.43. The molecular formula is C20H26N6O3S. The van der Waals surface area contributed by atoms with Gasteiger partial charge in [-0.1, -0.05) is 6.08 Å². The van der Waals surface area contributed by atoms with E-state index >= 15 is 0 Å². The van der Waals surface area contributed by atoms with E-state index < -0.39 is 9.84 Å². The van der Waals surface area contributed by atoms with Gasteiger partial charge in [0.2, 0.25) is 15.0 Å². The van der Waals surface area contributed by atoms with Crippen LogP contribution < -0.4 is 0 Å². The lowest BCUT2D eigenvalue weighted by atomic mass is 10.1. The number of imidazole rings is 1. The highest BCUT2D eigenvalue weighted by Crippen LogP contribution is 2.23. The Balaban J connectivity index is 1.62. The van der Waals surface area contributed by atoms with Gasteiger partial charge in [0.25, 0.3) is 0 Å². The maximum atomic E-state index is 11.9. The second kappa shape index (κ2) is 9.15. The van der Waals surface area contributed by atoms with Crippen LogP contribution in [0.25, 0.3) is 17.6 Å². The van der Waals surface area contributed by atoms with E-state index in [9.17, 15) is 8.42 Å². The average Bonchev–Trinajstić information content (AvgIpc) is 3.13. The molecule has 10 heteroatoms. The fourth-order valence-corrected chi connectivity index (χ4v) is 4.07. The summed E-state index contributed by atoms with van der Waals surface area (Å²) in [7, 11) is -3.49. The van der Waals surface area contributed by atoms with Crippen LogP contribution >= 0.6 is 0 Å². The molecule has 0 saturated carbocycles. The fourth-order valence-electron chi connectivity index (χ4n) is 3.56.